The molecule has 0 N–H and O–H groups in total. The summed E-state index contributed by atoms with van der Waals surface area (Å²) in [6, 6.07) is 3.62. The predicted octanol–water partition coefficient (Wildman–Crippen LogP) is 8.76. The lowest BCUT2D eigenvalue weighted by atomic mass is 9.69. The van der Waals surface area contributed by atoms with E-state index in [-0.39, 0.29) is 5.92 Å². The third-order valence-electron chi connectivity index (χ3n) is 9.10. The fourth-order valence-electron chi connectivity index (χ4n) is 6.87. The number of benzene rings is 1. The van der Waals surface area contributed by atoms with E-state index in [1.807, 2.05) is 13.0 Å². The third kappa shape index (κ3) is 6.27. The summed E-state index contributed by atoms with van der Waals surface area (Å²) in [5, 5.41) is 0. The molecule has 3 heteroatoms. The van der Waals surface area contributed by atoms with Crippen molar-refractivity contribution < 1.29 is 13.5 Å². The summed E-state index contributed by atoms with van der Waals surface area (Å²) in [5.74, 6) is 2.23. The van der Waals surface area contributed by atoms with Gasteiger partial charge in [-0.3, -0.25) is 0 Å². The predicted molar refractivity (Wildman–Crippen MR) is 132 cm³/mol. The summed E-state index contributed by atoms with van der Waals surface area (Å²) in [4.78, 5) is 0. The minimum Gasteiger partial charge on any atom is -0.378 e. The Labute approximate surface area is 200 Å². The van der Waals surface area contributed by atoms with Crippen LogP contribution in [0.4, 0.5) is 8.78 Å². The maximum absolute atomic E-state index is 14.7. The minimum absolute atomic E-state index is 0.127. The van der Waals surface area contributed by atoms with Crippen molar-refractivity contribution in [3.05, 3.63) is 47.5 Å². The summed E-state index contributed by atoms with van der Waals surface area (Å²) >= 11 is 0. The van der Waals surface area contributed by atoms with Crippen LogP contribution in [-0.4, -0.2) is 12.7 Å². The largest absolute Gasteiger partial charge is 0.378 e. The average molecular weight is 459 g/mol. The van der Waals surface area contributed by atoms with Gasteiger partial charge in [0.2, 0.25) is 0 Å². The fraction of sp³-hybridized carbons (Fsp3) is 0.733. The van der Waals surface area contributed by atoms with E-state index >= 15 is 0 Å². The van der Waals surface area contributed by atoms with Crippen LogP contribution >= 0.6 is 0 Å². The Bertz CT molecular complexity index is 751. The Kier molecular flexibility index (Phi) is 9.02. The number of rotatable bonds is 8. The third-order valence-corrected chi connectivity index (χ3v) is 9.10. The first kappa shape index (κ1) is 24.9. The normalized spacial score (nSPS) is 33.1. The SMILES string of the molecule is C=CC1CCC(C2CCC(COC3CCC(c4ccc(CCC)c(F)c4F)CC3)CC2)CC1. The highest BCUT2D eigenvalue weighted by Crippen LogP contribution is 2.42. The molecular formula is C30H44F2O. The molecule has 33 heavy (non-hydrogen) atoms. The average Bonchev–Trinajstić information content (AvgIpc) is 2.87. The van der Waals surface area contributed by atoms with Crippen molar-refractivity contribution in [3.63, 3.8) is 0 Å². The number of aryl methyl sites for hydroxylation is 1. The van der Waals surface area contributed by atoms with E-state index in [1.54, 1.807) is 6.07 Å². The van der Waals surface area contributed by atoms with E-state index in [4.69, 9.17) is 4.74 Å². The van der Waals surface area contributed by atoms with Crippen molar-refractivity contribution in [1.82, 2.24) is 0 Å². The van der Waals surface area contributed by atoms with Gasteiger partial charge in [-0.1, -0.05) is 31.6 Å². The van der Waals surface area contributed by atoms with Crippen LogP contribution in [0.5, 0.6) is 0 Å². The molecule has 0 aliphatic heterocycles. The highest BCUT2D eigenvalue weighted by Gasteiger charge is 2.31. The van der Waals surface area contributed by atoms with E-state index in [9.17, 15) is 8.78 Å². The van der Waals surface area contributed by atoms with Gasteiger partial charge in [0, 0.05) is 6.61 Å². The molecular weight excluding hydrogens is 414 g/mol. The minimum atomic E-state index is -0.628. The summed E-state index contributed by atoms with van der Waals surface area (Å²) in [5.41, 5.74) is 1.08. The van der Waals surface area contributed by atoms with Gasteiger partial charge in [0.05, 0.1) is 6.10 Å². The molecule has 0 radical (unpaired) electrons. The van der Waals surface area contributed by atoms with Crippen molar-refractivity contribution in [2.24, 2.45) is 23.7 Å². The number of halogens is 2. The molecule has 1 aromatic rings. The molecule has 3 aliphatic rings. The number of allylic oxidation sites excluding steroid dienone is 1. The Balaban J connectivity index is 1.17. The zero-order chi connectivity index (χ0) is 23.2. The van der Waals surface area contributed by atoms with Gasteiger partial charge in [-0.05, 0) is 124 Å². The highest BCUT2D eigenvalue weighted by molar-refractivity contribution is 5.29. The molecule has 1 nitrogen and oxygen atoms in total. The molecule has 0 heterocycles. The van der Waals surface area contributed by atoms with Gasteiger partial charge in [0.15, 0.2) is 11.6 Å². The zero-order valence-corrected chi connectivity index (χ0v) is 20.7. The summed E-state index contributed by atoms with van der Waals surface area (Å²) in [6.45, 7) is 6.86. The van der Waals surface area contributed by atoms with Gasteiger partial charge in [0.25, 0.3) is 0 Å². The molecule has 0 bridgehead atoms. The van der Waals surface area contributed by atoms with Crippen molar-refractivity contribution in [2.75, 3.05) is 6.61 Å². The second kappa shape index (κ2) is 12.0. The monoisotopic (exact) mass is 458 g/mol. The molecule has 3 saturated carbocycles. The zero-order valence-electron chi connectivity index (χ0n) is 20.7. The maximum Gasteiger partial charge on any atom is 0.162 e. The second-order valence-electron chi connectivity index (χ2n) is 11.2. The van der Waals surface area contributed by atoms with Gasteiger partial charge in [-0.2, -0.15) is 0 Å². The first-order valence-electron chi connectivity index (χ1n) is 13.8. The van der Waals surface area contributed by atoms with Crippen LogP contribution in [0.2, 0.25) is 0 Å². The van der Waals surface area contributed by atoms with Gasteiger partial charge in [0.1, 0.15) is 0 Å². The van der Waals surface area contributed by atoms with Crippen LogP contribution in [-0.2, 0) is 11.2 Å². The highest BCUT2D eigenvalue weighted by atomic mass is 19.2. The van der Waals surface area contributed by atoms with Crippen molar-refractivity contribution in [3.8, 4) is 0 Å². The molecule has 3 fully saturated rings. The summed E-state index contributed by atoms with van der Waals surface area (Å²) < 4.78 is 35.4. The smallest absolute Gasteiger partial charge is 0.162 e. The molecule has 1 aromatic carbocycles. The summed E-state index contributed by atoms with van der Waals surface area (Å²) in [7, 11) is 0. The lowest BCUT2D eigenvalue weighted by Crippen LogP contribution is -2.28. The van der Waals surface area contributed by atoms with Crippen molar-refractivity contribution in [1.29, 1.82) is 0 Å². The number of hydrogen-bond donors (Lipinski definition) is 0. The van der Waals surface area contributed by atoms with E-state index in [1.165, 1.54) is 51.4 Å². The Hall–Kier alpha value is -1.22. The van der Waals surface area contributed by atoms with E-state index in [0.717, 1.165) is 56.5 Å². The lowest BCUT2D eigenvalue weighted by Gasteiger charge is -2.38. The van der Waals surface area contributed by atoms with Crippen molar-refractivity contribution >= 4 is 0 Å². The molecule has 0 amide bonds. The van der Waals surface area contributed by atoms with Gasteiger partial charge >= 0.3 is 0 Å². The van der Waals surface area contributed by atoms with Crippen LogP contribution < -0.4 is 0 Å². The molecule has 0 saturated heterocycles. The topological polar surface area (TPSA) is 9.23 Å². The Morgan fingerprint density at radius 2 is 1.48 bits per heavy atom. The number of hydrogen-bond acceptors (Lipinski definition) is 1. The maximum atomic E-state index is 14.7. The summed E-state index contributed by atoms with van der Waals surface area (Å²) in [6.07, 6.45) is 18.5. The lowest BCUT2D eigenvalue weighted by molar-refractivity contribution is -0.00771. The molecule has 0 spiro atoms. The van der Waals surface area contributed by atoms with Gasteiger partial charge < -0.3 is 4.74 Å². The van der Waals surface area contributed by atoms with Crippen LogP contribution in [0.15, 0.2) is 24.8 Å². The van der Waals surface area contributed by atoms with Gasteiger partial charge in [-0.25, -0.2) is 8.78 Å². The van der Waals surface area contributed by atoms with E-state index in [2.05, 4.69) is 12.7 Å². The first-order chi connectivity index (χ1) is 16.1. The molecule has 3 aliphatic carbocycles. The Morgan fingerprint density at radius 1 is 0.848 bits per heavy atom. The van der Waals surface area contributed by atoms with Crippen LogP contribution in [0, 0.1) is 35.3 Å². The molecule has 184 valence electrons. The Morgan fingerprint density at radius 3 is 2.09 bits per heavy atom. The van der Waals surface area contributed by atoms with Gasteiger partial charge in [-0.15, -0.1) is 6.58 Å². The molecule has 4 rings (SSSR count). The van der Waals surface area contributed by atoms with E-state index < -0.39 is 11.6 Å². The second-order valence-corrected chi connectivity index (χ2v) is 11.2. The van der Waals surface area contributed by atoms with Crippen LogP contribution in [0.3, 0.4) is 0 Å². The quantitative estimate of drug-likeness (QED) is 0.354. The van der Waals surface area contributed by atoms with Crippen LogP contribution in [0.25, 0.3) is 0 Å². The van der Waals surface area contributed by atoms with Crippen LogP contribution in [0.1, 0.15) is 107 Å². The molecule has 0 atom stereocenters. The molecule has 0 unspecified atom stereocenters. The molecule has 0 aromatic heterocycles. The van der Waals surface area contributed by atoms with Crippen molar-refractivity contribution in [2.45, 2.75) is 109 Å². The standard InChI is InChI=1S/C30H44F2O/c1-3-5-26-16-19-28(30(32)29(26)31)25-14-17-27(18-15-25)33-20-22-8-12-24(13-9-22)23-10-6-21(4-2)7-11-23/h4,16,19,21-25,27H,2-3,5-15,17-18,20H2,1H3. The first-order valence-corrected chi connectivity index (χ1v) is 13.8. The number of ether oxygens (including phenoxy) is 1. The fourth-order valence-corrected chi connectivity index (χ4v) is 6.87. The van der Waals surface area contributed by atoms with E-state index in [0.29, 0.717) is 29.6 Å².